The lowest BCUT2D eigenvalue weighted by Crippen LogP contribution is -2.51. The van der Waals surface area contributed by atoms with Crippen LogP contribution < -0.4 is 10.7 Å². The number of aromatic nitrogens is 3. The molecule has 4 aliphatic rings. The van der Waals surface area contributed by atoms with E-state index in [1.165, 1.54) is 16.0 Å². The molecule has 14 heteroatoms. The van der Waals surface area contributed by atoms with E-state index in [0.717, 1.165) is 56.1 Å². The van der Waals surface area contributed by atoms with Gasteiger partial charge < -0.3 is 5.32 Å². The smallest absolute Gasteiger partial charge is 0.289 e. The molecule has 4 aromatic rings. The predicted octanol–water partition coefficient (Wildman–Crippen LogP) is 6.22. The molecule has 2 saturated heterocycles. The van der Waals surface area contributed by atoms with E-state index in [-0.39, 0.29) is 36.0 Å². The topological polar surface area (TPSA) is 120 Å². The zero-order valence-corrected chi connectivity index (χ0v) is 32.5. The first-order valence-corrected chi connectivity index (χ1v) is 20.1. The quantitative estimate of drug-likeness (QED) is 0.215. The number of nitrogens with zero attached hydrogens (tertiary/aromatic N) is 7. The molecule has 11 nitrogen and oxygen atoms in total. The summed E-state index contributed by atoms with van der Waals surface area (Å²) in [6.45, 7) is 13.6. The van der Waals surface area contributed by atoms with E-state index in [1.807, 2.05) is 56.8 Å². The van der Waals surface area contributed by atoms with Crippen LogP contribution in [0.25, 0.3) is 5.00 Å². The van der Waals surface area contributed by atoms with Crippen LogP contribution in [0.4, 0.5) is 0 Å². The molecule has 52 heavy (non-hydrogen) atoms. The molecule has 1 amide bonds. The summed E-state index contributed by atoms with van der Waals surface area (Å²) in [6.07, 6.45) is 0.225. The van der Waals surface area contributed by atoms with Crippen LogP contribution in [0.15, 0.2) is 58.5 Å². The molecule has 7 atom stereocenters. The zero-order valence-electron chi connectivity index (χ0n) is 30.1. The molecule has 0 radical (unpaired) electrons. The Kier molecular flexibility index (Phi) is 9.34. The predicted molar refractivity (Wildman–Crippen MR) is 208 cm³/mol. The summed E-state index contributed by atoms with van der Waals surface area (Å²) >= 11 is 9.95. The van der Waals surface area contributed by atoms with Crippen LogP contribution in [0, 0.1) is 30.6 Å². The van der Waals surface area contributed by atoms with Crippen molar-refractivity contribution in [1.82, 2.24) is 30.4 Å². The van der Waals surface area contributed by atoms with Crippen LogP contribution in [-0.4, -0.2) is 77.4 Å². The van der Waals surface area contributed by atoms with Crippen molar-refractivity contribution in [3.05, 3.63) is 103 Å². The zero-order chi connectivity index (χ0) is 36.4. The molecule has 0 bridgehead atoms. The van der Waals surface area contributed by atoms with Gasteiger partial charge in [0, 0.05) is 57.8 Å². The van der Waals surface area contributed by atoms with Gasteiger partial charge in [-0.15, -0.1) is 38.7 Å². The second-order valence-corrected chi connectivity index (χ2v) is 17.2. The largest absolute Gasteiger partial charge is 0.356 e. The molecular formula is C38H43ClN9O2S2+. The Balaban J connectivity index is 1.15. The number of amides is 1. The van der Waals surface area contributed by atoms with Gasteiger partial charge in [0.2, 0.25) is 5.91 Å². The normalized spacial score (nSPS) is 26.7. The van der Waals surface area contributed by atoms with Crippen LogP contribution in [0.2, 0.25) is 5.02 Å². The molecule has 2 N–H and O–H groups in total. The average Bonchev–Trinajstić information content (AvgIpc) is 3.77. The molecule has 6 unspecified atom stereocenters. The first kappa shape index (κ1) is 35.1. The standard InChI is InChI=1S/C38H42ClN9O2S2/c1-7-40-31(49)17-28-36-45-48(50)23(6)47(36)38-32(19(2)21(4)51-38)35(42-28)26-10-8-24(9-11-26)16-29-20(3)33-34(25-12-14-27(39)15-13-25)41-18-30-44-43-22(5)46(30)37(33)52-29/h8-15,19,21,23,28,32,36,38H,7,16-18H2,1-6H3,(H-,40,45,49,50)/p+1/t19?,21?,23?,28-,32?,36?,38?/m0/s1. The van der Waals surface area contributed by atoms with Gasteiger partial charge in [0.1, 0.15) is 22.2 Å². The van der Waals surface area contributed by atoms with Crippen LogP contribution >= 0.6 is 34.7 Å². The Morgan fingerprint density at radius 2 is 1.79 bits per heavy atom. The minimum atomic E-state index is -0.414. The van der Waals surface area contributed by atoms with Gasteiger partial charge in [-0.05, 0) is 55.5 Å². The number of thioether (sulfide) groups is 1. The van der Waals surface area contributed by atoms with Gasteiger partial charge >= 0.3 is 0 Å². The number of thiophene rings is 1. The first-order chi connectivity index (χ1) is 25.0. The summed E-state index contributed by atoms with van der Waals surface area (Å²) in [5.41, 5.74) is 10.7. The molecule has 0 saturated carbocycles. The maximum absolute atomic E-state index is 13.0. The van der Waals surface area contributed by atoms with E-state index >= 15 is 0 Å². The Hall–Kier alpha value is -3.91. The van der Waals surface area contributed by atoms with Crippen LogP contribution in [0.1, 0.15) is 78.5 Å². The molecule has 2 fully saturated rings. The minimum Gasteiger partial charge on any atom is -0.356 e. The number of halogens is 1. The van der Waals surface area contributed by atoms with Gasteiger partial charge in [0.05, 0.1) is 28.5 Å². The number of nitrogens with one attached hydrogen (secondary N) is 2. The van der Waals surface area contributed by atoms with Crippen molar-refractivity contribution in [2.75, 3.05) is 6.54 Å². The molecular weight excluding hydrogens is 714 g/mol. The highest BCUT2D eigenvalue weighted by Gasteiger charge is 2.59. The second kappa shape index (κ2) is 13.8. The molecule has 2 aromatic carbocycles. The van der Waals surface area contributed by atoms with Gasteiger partial charge in [-0.3, -0.25) is 19.3 Å². The maximum Gasteiger partial charge on any atom is 0.289 e. The third kappa shape index (κ3) is 5.99. The summed E-state index contributed by atoms with van der Waals surface area (Å²) in [6, 6.07) is 16.3. The van der Waals surface area contributed by atoms with E-state index in [2.05, 4.69) is 75.4 Å². The Morgan fingerprint density at radius 3 is 2.52 bits per heavy atom. The van der Waals surface area contributed by atoms with Crippen molar-refractivity contribution in [3.63, 3.8) is 0 Å². The lowest BCUT2D eigenvalue weighted by atomic mass is 9.84. The lowest BCUT2D eigenvalue weighted by molar-refractivity contribution is -0.626. The first-order valence-electron chi connectivity index (χ1n) is 18.0. The summed E-state index contributed by atoms with van der Waals surface area (Å²) in [7, 11) is 0. The van der Waals surface area contributed by atoms with Gasteiger partial charge in [0.15, 0.2) is 12.0 Å². The number of hydrogen-bond donors (Lipinski definition) is 2. The SMILES string of the molecule is CCNC(=O)C[C@@H]1N=C(c2ccc(Cc3sc4c(c3C)C(c3ccc(Cl)cc3)=NCc3nnc(C)n3-4)cc2)C2C(C)C(C)SC2N2C1N[N+](=O)C2C. The van der Waals surface area contributed by atoms with Gasteiger partial charge in [0.25, 0.3) is 6.17 Å². The Bertz CT molecular complexity index is 2110. The third-order valence-electron chi connectivity index (χ3n) is 11.0. The van der Waals surface area contributed by atoms with Gasteiger partial charge in [-0.1, -0.05) is 61.8 Å². The van der Waals surface area contributed by atoms with E-state index in [9.17, 15) is 9.70 Å². The van der Waals surface area contributed by atoms with Crippen molar-refractivity contribution in [1.29, 1.82) is 0 Å². The van der Waals surface area contributed by atoms with Gasteiger partial charge in [-0.2, -0.15) is 4.90 Å². The summed E-state index contributed by atoms with van der Waals surface area (Å²) in [5, 5.41) is 14.0. The Morgan fingerprint density at radius 1 is 1.06 bits per heavy atom. The molecule has 270 valence electrons. The fourth-order valence-corrected chi connectivity index (χ4v) is 11.5. The molecule has 0 spiro atoms. The number of rotatable bonds is 7. The molecule has 2 aromatic heterocycles. The highest BCUT2D eigenvalue weighted by Crippen LogP contribution is 2.49. The Labute approximate surface area is 316 Å². The number of hydrogen-bond acceptors (Lipinski definition) is 9. The molecule has 0 aliphatic carbocycles. The molecule has 4 aliphatic heterocycles. The number of aryl methyl sites for hydroxylation is 1. The highest BCUT2D eigenvalue weighted by atomic mass is 35.5. The number of benzene rings is 2. The number of carbonyl (C=O) groups excluding carboxylic acids is 1. The van der Waals surface area contributed by atoms with Crippen LogP contribution in [-0.2, 0) is 17.8 Å². The minimum absolute atomic E-state index is 0.0563. The number of hydrazine groups is 1. The van der Waals surface area contributed by atoms with Crippen LogP contribution in [0.5, 0.6) is 0 Å². The molecule has 6 heterocycles. The van der Waals surface area contributed by atoms with Crippen molar-refractivity contribution in [3.8, 4) is 5.00 Å². The lowest BCUT2D eigenvalue weighted by Gasteiger charge is -2.30. The summed E-state index contributed by atoms with van der Waals surface area (Å²) in [5.74, 6) is 2.04. The number of aliphatic imine (C=N–C) groups is 2. The highest BCUT2D eigenvalue weighted by molar-refractivity contribution is 8.00. The van der Waals surface area contributed by atoms with Crippen molar-refractivity contribution in [2.24, 2.45) is 21.8 Å². The summed E-state index contributed by atoms with van der Waals surface area (Å²) in [4.78, 5) is 40.8. The molecule has 8 rings (SSSR count). The number of carbonyl (C=O) groups is 1. The van der Waals surface area contributed by atoms with Gasteiger partial charge in [-0.25, -0.2) is 0 Å². The fraction of sp³-hybridized carbons (Fsp3) is 0.447. The van der Waals surface area contributed by atoms with Crippen molar-refractivity contribution < 1.29 is 9.66 Å². The van der Waals surface area contributed by atoms with E-state index in [0.29, 0.717) is 29.3 Å². The van der Waals surface area contributed by atoms with E-state index in [1.54, 1.807) is 11.3 Å². The van der Waals surface area contributed by atoms with E-state index in [4.69, 9.17) is 21.6 Å². The fourth-order valence-electron chi connectivity index (χ4n) is 8.13. The van der Waals surface area contributed by atoms with Crippen LogP contribution in [0.3, 0.4) is 0 Å². The van der Waals surface area contributed by atoms with Crippen molar-refractivity contribution in [2.45, 2.75) is 89.9 Å². The third-order valence-corrected chi connectivity index (χ3v) is 14.2. The number of fused-ring (bicyclic) bond motifs is 6. The summed E-state index contributed by atoms with van der Waals surface area (Å²) < 4.78 is 2.15. The second-order valence-electron chi connectivity index (χ2n) is 14.2. The average molecular weight is 757 g/mol. The monoisotopic (exact) mass is 756 g/mol. The van der Waals surface area contributed by atoms with Crippen molar-refractivity contribution >= 4 is 52.0 Å². The van der Waals surface area contributed by atoms with E-state index < -0.39 is 6.04 Å². The maximum atomic E-state index is 13.0. The number of nitroso groups, excluding NO2 is 1.